The number of carbonyl (C=O) groups excluding carboxylic acids is 1. The summed E-state index contributed by atoms with van der Waals surface area (Å²) in [4.78, 5) is 22.4. The van der Waals surface area contributed by atoms with Gasteiger partial charge in [-0.25, -0.2) is 4.79 Å². The van der Waals surface area contributed by atoms with Crippen molar-refractivity contribution in [2.75, 3.05) is 6.54 Å². The van der Waals surface area contributed by atoms with Crippen molar-refractivity contribution in [3.05, 3.63) is 47.5 Å². The lowest BCUT2D eigenvalue weighted by Gasteiger charge is -2.08. The van der Waals surface area contributed by atoms with Gasteiger partial charge in [-0.1, -0.05) is 24.3 Å². The van der Waals surface area contributed by atoms with Crippen LogP contribution in [0.3, 0.4) is 0 Å². The van der Waals surface area contributed by atoms with Crippen molar-refractivity contribution in [3.63, 3.8) is 0 Å². The molecule has 106 valence electrons. The fourth-order valence-corrected chi connectivity index (χ4v) is 2.34. The highest BCUT2D eigenvalue weighted by atomic mass is 16.4. The van der Waals surface area contributed by atoms with Crippen LogP contribution in [0.4, 0.5) is 0 Å². The maximum absolute atomic E-state index is 11.7. The second-order valence-electron chi connectivity index (χ2n) is 5.07. The SMILES string of the molecule is O=C(CC1C=CCC1)NCCc1ccc(C(=O)O)cc1. The van der Waals surface area contributed by atoms with Gasteiger partial charge in [0.25, 0.3) is 0 Å². The number of carbonyl (C=O) groups is 2. The highest BCUT2D eigenvalue weighted by Crippen LogP contribution is 2.19. The number of allylic oxidation sites excluding steroid dienone is 2. The molecular weight excluding hydrogens is 254 g/mol. The zero-order valence-corrected chi connectivity index (χ0v) is 11.3. The molecule has 0 bridgehead atoms. The molecule has 20 heavy (non-hydrogen) atoms. The third kappa shape index (κ3) is 4.23. The molecule has 4 nitrogen and oxygen atoms in total. The third-order valence-electron chi connectivity index (χ3n) is 3.50. The molecule has 1 aromatic carbocycles. The van der Waals surface area contributed by atoms with Crippen molar-refractivity contribution >= 4 is 11.9 Å². The lowest BCUT2D eigenvalue weighted by Crippen LogP contribution is -2.27. The van der Waals surface area contributed by atoms with Gasteiger partial charge < -0.3 is 10.4 Å². The molecule has 1 atom stereocenters. The molecule has 0 heterocycles. The summed E-state index contributed by atoms with van der Waals surface area (Å²) in [6, 6.07) is 6.75. The molecular formula is C16H19NO3. The number of nitrogens with one attached hydrogen (secondary N) is 1. The molecule has 0 spiro atoms. The molecule has 1 aromatic rings. The van der Waals surface area contributed by atoms with Gasteiger partial charge in [0.15, 0.2) is 0 Å². The molecule has 0 aromatic heterocycles. The van der Waals surface area contributed by atoms with Crippen LogP contribution in [0, 0.1) is 5.92 Å². The number of amides is 1. The summed E-state index contributed by atoms with van der Waals surface area (Å²) in [6.45, 7) is 0.585. The van der Waals surface area contributed by atoms with Crippen LogP contribution < -0.4 is 5.32 Å². The summed E-state index contributed by atoms with van der Waals surface area (Å²) < 4.78 is 0. The molecule has 4 heteroatoms. The Morgan fingerprint density at radius 1 is 1.25 bits per heavy atom. The number of aromatic carboxylic acids is 1. The van der Waals surface area contributed by atoms with E-state index in [2.05, 4.69) is 17.5 Å². The fourth-order valence-electron chi connectivity index (χ4n) is 2.34. The van der Waals surface area contributed by atoms with E-state index >= 15 is 0 Å². The van der Waals surface area contributed by atoms with E-state index in [9.17, 15) is 9.59 Å². The maximum Gasteiger partial charge on any atom is 0.335 e. The number of carboxylic acids is 1. The van der Waals surface area contributed by atoms with Crippen LogP contribution in [0.25, 0.3) is 0 Å². The minimum Gasteiger partial charge on any atom is -0.478 e. The smallest absolute Gasteiger partial charge is 0.335 e. The average molecular weight is 273 g/mol. The molecule has 2 N–H and O–H groups in total. The Kier molecular flexibility index (Phi) is 4.93. The zero-order chi connectivity index (χ0) is 14.4. The first-order valence-corrected chi connectivity index (χ1v) is 6.91. The van der Waals surface area contributed by atoms with Crippen molar-refractivity contribution < 1.29 is 14.7 Å². The van der Waals surface area contributed by atoms with E-state index in [0.717, 1.165) is 18.4 Å². The van der Waals surface area contributed by atoms with Gasteiger partial charge in [0.05, 0.1) is 5.56 Å². The van der Waals surface area contributed by atoms with Gasteiger partial charge in [0, 0.05) is 13.0 Å². The van der Waals surface area contributed by atoms with E-state index < -0.39 is 5.97 Å². The molecule has 0 fully saturated rings. The Bertz CT molecular complexity index is 505. The quantitative estimate of drug-likeness (QED) is 0.782. The van der Waals surface area contributed by atoms with Crippen LogP contribution >= 0.6 is 0 Å². The molecule has 1 amide bonds. The summed E-state index contributed by atoms with van der Waals surface area (Å²) in [5, 5.41) is 11.7. The van der Waals surface area contributed by atoms with Crippen LogP contribution in [-0.2, 0) is 11.2 Å². The van der Waals surface area contributed by atoms with Crippen LogP contribution in [0.5, 0.6) is 0 Å². The summed E-state index contributed by atoms with van der Waals surface area (Å²) in [5.74, 6) is -0.442. The molecule has 0 saturated carbocycles. The Morgan fingerprint density at radius 3 is 2.60 bits per heavy atom. The van der Waals surface area contributed by atoms with Crippen LogP contribution in [-0.4, -0.2) is 23.5 Å². The fraction of sp³-hybridized carbons (Fsp3) is 0.375. The second-order valence-corrected chi connectivity index (χ2v) is 5.07. The number of benzene rings is 1. The first-order valence-electron chi connectivity index (χ1n) is 6.91. The van der Waals surface area contributed by atoms with Gasteiger partial charge in [-0.3, -0.25) is 4.79 Å². The third-order valence-corrected chi connectivity index (χ3v) is 3.50. The lowest BCUT2D eigenvalue weighted by molar-refractivity contribution is -0.121. The predicted octanol–water partition coefficient (Wildman–Crippen LogP) is 2.40. The lowest BCUT2D eigenvalue weighted by atomic mass is 10.0. The molecule has 1 aliphatic rings. The monoisotopic (exact) mass is 273 g/mol. The standard InChI is InChI=1S/C16H19NO3/c18-15(11-13-3-1-2-4-13)17-10-9-12-5-7-14(8-6-12)16(19)20/h1,3,5-8,13H,2,4,9-11H2,(H,17,18)(H,19,20). The molecule has 0 saturated heterocycles. The summed E-state index contributed by atoms with van der Waals surface area (Å²) in [5.41, 5.74) is 1.31. The van der Waals surface area contributed by atoms with Gasteiger partial charge in [-0.2, -0.15) is 0 Å². The van der Waals surface area contributed by atoms with E-state index in [1.54, 1.807) is 24.3 Å². The molecule has 0 aliphatic heterocycles. The van der Waals surface area contributed by atoms with Gasteiger partial charge in [0.1, 0.15) is 0 Å². The summed E-state index contributed by atoms with van der Waals surface area (Å²) >= 11 is 0. The van der Waals surface area contributed by atoms with Crippen LogP contribution in [0.15, 0.2) is 36.4 Å². The average Bonchev–Trinajstić information content (AvgIpc) is 2.92. The second kappa shape index (κ2) is 6.89. The van der Waals surface area contributed by atoms with Crippen molar-refractivity contribution in [2.24, 2.45) is 5.92 Å². The maximum atomic E-state index is 11.7. The van der Waals surface area contributed by atoms with Crippen molar-refractivity contribution in [3.8, 4) is 0 Å². The Balaban J connectivity index is 1.70. The Hall–Kier alpha value is -2.10. The zero-order valence-electron chi connectivity index (χ0n) is 11.3. The largest absolute Gasteiger partial charge is 0.478 e. The Labute approximate surface area is 118 Å². The molecule has 2 rings (SSSR count). The highest BCUT2D eigenvalue weighted by Gasteiger charge is 2.13. The van der Waals surface area contributed by atoms with Gasteiger partial charge in [0.2, 0.25) is 5.91 Å². The Morgan fingerprint density at radius 2 is 2.00 bits per heavy atom. The van der Waals surface area contributed by atoms with Crippen molar-refractivity contribution in [1.82, 2.24) is 5.32 Å². The normalized spacial score (nSPS) is 17.1. The minimum atomic E-state index is -0.922. The molecule has 1 unspecified atom stereocenters. The van der Waals surface area contributed by atoms with Crippen molar-refractivity contribution in [1.29, 1.82) is 0 Å². The molecule has 0 radical (unpaired) electrons. The summed E-state index contributed by atoms with van der Waals surface area (Å²) in [7, 11) is 0. The van der Waals surface area contributed by atoms with E-state index in [-0.39, 0.29) is 11.5 Å². The van der Waals surface area contributed by atoms with E-state index in [1.165, 1.54) is 0 Å². The minimum absolute atomic E-state index is 0.0868. The van der Waals surface area contributed by atoms with Gasteiger partial charge in [-0.15, -0.1) is 0 Å². The van der Waals surface area contributed by atoms with Crippen LogP contribution in [0.2, 0.25) is 0 Å². The number of hydrogen-bond donors (Lipinski definition) is 2. The van der Waals surface area contributed by atoms with Gasteiger partial charge >= 0.3 is 5.97 Å². The first kappa shape index (κ1) is 14.3. The van der Waals surface area contributed by atoms with Gasteiger partial charge in [-0.05, 0) is 42.9 Å². The topological polar surface area (TPSA) is 66.4 Å². The summed E-state index contributed by atoms with van der Waals surface area (Å²) in [6.07, 6.45) is 7.67. The van der Waals surface area contributed by atoms with E-state index in [1.807, 2.05) is 0 Å². The predicted molar refractivity (Wildman–Crippen MR) is 76.6 cm³/mol. The van der Waals surface area contributed by atoms with E-state index in [0.29, 0.717) is 25.3 Å². The highest BCUT2D eigenvalue weighted by molar-refractivity contribution is 5.87. The van der Waals surface area contributed by atoms with E-state index in [4.69, 9.17) is 5.11 Å². The number of carboxylic acid groups (broad SMARTS) is 1. The molecule has 1 aliphatic carbocycles. The van der Waals surface area contributed by atoms with Crippen LogP contribution in [0.1, 0.15) is 35.2 Å². The first-order chi connectivity index (χ1) is 9.65. The number of rotatable bonds is 6. The number of hydrogen-bond acceptors (Lipinski definition) is 2. The van der Waals surface area contributed by atoms with Crippen molar-refractivity contribution in [2.45, 2.75) is 25.7 Å².